The number of hydrogen-bond acceptors (Lipinski definition) is 6. The summed E-state index contributed by atoms with van der Waals surface area (Å²) >= 11 is 0. The zero-order valence-corrected chi connectivity index (χ0v) is 15.9. The number of benzene rings is 2. The summed E-state index contributed by atoms with van der Waals surface area (Å²) in [6.07, 6.45) is 1.69. The maximum atomic E-state index is 12.3. The van der Waals surface area contributed by atoms with Gasteiger partial charge in [0.1, 0.15) is 11.5 Å². The van der Waals surface area contributed by atoms with Crippen molar-refractivity contribution in [2.45, 2.75) is 0 Å². The van der Waals surface area contributed by atoms with Crippen LogP contribution < -0.4 is 20.3 Å². The number of nitrogens with one attached hydrogen (secondary N) is 2. The molecule has 3 aromatic rings. The molecular formula is C21H23N5O2. The second kappa shape index (κ2) is 9.36. The second-order valence-corrected chi connectivity index (χ2v) is 6.32. The Hall–Kier alpha value is -3.61. The molecule has 1 heterocycles. The maximum Gasteiger partial charge on any atom is 0.251 e. The van der Waals surface area contributed by atoms with Crippen molar-refractivity contribution >= 4 is 17.4 Å². The van der Waals surface area contributed by atoms with E-state index in [0.717, 1.165) is 11.4 Å². The number of anilines is 2. The van der Waals surface area contributed by atoms with E-state index >= 15 is 0 Å². The van der Waals surface area contributed by atoms with E-state index in [-0.39, 0.29) is 5.91 Å². The lowest BCUT2D eigenvalue weighted by atomic mass is 10.2. The highest BCUT2D eigenvalue weighted by Crippen LogP contribution is 2.21. The fourth-order valence-electron chi connectivity index (χ4n) is 2.46. The van der Waals surface area contributed by atoms with E-state index in [1.54, 1.807) is 30.5 Å². The minimum atomic E-state index is -0.138. The van der Waals surface area contributed by atoms with Gasteiger partial charge in [-0.1, -0.05) is 18.2 Å². The standard InChI is InChI=1S/C21H23N5O2/c1-26(2)17-14-20(25-24-15-17)22-12-13-23-21(27)16-8-10-19(11-9-16)28-18-6-4-3-5-7-18/h3-11,14-15H,12-13H2,1-2H3,(H,22,25)(H,23,27). The van der Waals surface area contributed by atoms with Gasteiger partial charge in [0, 0.05) is 38.8 Å². The molecule has 28 heavy (non-hydrogen) atoms. The lowest BCUT2D eigenvalue weighted by Gasteiger charge is -2.13. The van der Waals surface area contributed by atoms with Crippen LogP contribution in [-0.2, 0) is 0 Å². The minimum absolute atomic E-state index is 0.138. The first kappa shape index (κ1) is 19.2. The number of rotatable bonds is 8. The first-order valence-electron chi connectivity index (χ1n) is 8.97. The number of carbonyl (C=O) groups is 1. The molecular weight excluding hydrogens is 354 g/mol. The summed E-state index contributed by atoms with van der Waals surface area (Å²) in [5.74, 6) is 1.97. The summed E-state index contributed by atoms with van der Waals surface area (Å²) in [5.41, 5.74) is 1.54. The van der Waals surface area contributed by atoms with Gasteiger partial charge >= 0.3 is 0 Å². The van der Waals surface area contributed by atoms with E-state index in [4.69, 9.17) is 4.74 Å². The third kappa shape index (κ3) is 5.44. The summed E-state index contributed by atoms with van der Waals surface area (Å²) < 4.78 is 5.73. The van der Waals surface area contributed by atoms with Gasteiger partial charge in [-0.15, -0.1) is 5.10 Å². The van der Waals surface area contributed by atoms with E-state index in [0.29, 0.717) is 30.2 Å². The van der Waals surface area contributed by atoms with E-state index < -0.39 is 0 Å². The molecule has 7 heteroatoms. The van der Waals surface area contributed by atoms with Gasteiger partial charge < -0.3 is 20.3 Å². The molecule has 0 aliphatic carbocycles. The molecule has 0 aliphatic rings. The third-order valence-corrected chi connectivity index (χ3v) is 3.97. The number of carbonyl (C=O) groups excluding carboxylic acids is 1. The Morgan fingerprint density at radius 3 is 2.43 bits per heavy atom. The van der Waals surface area contributed by atoms with Gasteiger partial charge in [0.05, 0.1) is 11.9 Å². The van der Waals surface area contributed by atoms with E-state index in [2.05, 4.69) is 20.8 Å². The van der Waals surface area contributed by atoms with Crippen LogP contribution in [0.1, 0.15) is 10.4 Å². The number of nitrogens with zero attached hydrogens (tertiary/aromatic N) is 3. The predicted octanol–water partition coefficient (Wildman–Crippen LogP) is 3.18. The Labute approximate surface area is 164 Å². The largest absolute Gasteiger partial charge is 0.457 e. The fraction of sp³-hybridized carbons (Fsp3) is 0.190. The van der Waals surface area contributed by atoms with Gasteiger partial charge in [-0.3, -0.25) is 4.79 Å². The Morgan fingerprint density at radius 2 is 1.71 bits per heavy atom. The third-order valence-electron chi connectivity index (χ3n) is 3.97. The summed E-state index contributed by atoms with van der Waals surface area (Å²) in [5, 5.41) is 14.0. The predicted molar refractivity (Wildman–Crippen MR) is 110 cm³/mol. The van der Waals surface area contributed by atoms with Crippen molar-refractivity contribution < 1.29 is 9.53 Å². The number of aromatic nitrogens is 2. The molecule has 7 nitrogen and oxygen atoms in total. The maximum absolute atomic E-state index is 12.3. The Morgan fingerprint density at radius 1 is 1.00 bits per heavy atom. The molecule has 0 atom stereocenters. The second-order valence-electron chi connectivity index (χ2n) is 6.32. The van der Waals surface area contributed by atoms with E-state index in [9.17, 15) is 4.79 Å². The highest BCUT2D eigenvalue weighted by atomic mass is 16.5. The summed E-state index contributed by atoms with van der Waals surface area (Å²) in [6.45, 7) is 1.02. The van der Waals surface area contributed by atoms with Crippen molar-refractivity contribution in [3.63, 3.8) is 0 Å². The van der Waals surface area contributed by atoms with Crippen molar-refractivity contribution in [1.29, 1.82) is 0 Å². The van der Waals surface area contributed by atoms with Gasteiger partial charge in [-0.2, -0.15) is 5.10 Å². The van der Waals surface area contributed by atoms with Gasteiger partial charge in [-0.05, 0) is 36.4 Å². The highest BCUT2D eigenvalue weighted by molar-refractivity contribution is 5.94. The quantitative estimate of drug-likeness (QED) is 0.587. The van der Waals surface area contributed by atoms with Gasteiger partial charge in [-0.25, -0.2) is 0 Å². The zero-order chi connectivity index (χ0) is 19.8. The molecule has 0 spiro atoms. The van der Waals surface area contributed by atoms with Crippen LogP contribution in [0, 0.1) is 0 Å². The summed E-state index contributed by atoms with van der Waals surface area (Å²) in [7, 11) is 3.88. The molecule has 0 bridgehead atoms. The average molecular weight is 377 g/mol. The van der Waals surface area contributed by atoms with Crippen molar-refractivity contribution in [3.8, 4) is 11.5 Å². The number of hydrogen-bond donors (Lipinski definition) is 2. The monoisotopic (exact) mass is 377 g/mol. The van der Waals surface area contributed by atoms with Crippen LogP contribution in [0.25, 0.3) is 0 Å². The minimum Gasteiger partial charge on any atom is -0.457 e. The van der Waals surface area contributed by atoms with Crippen molar-refractivity contribution in [2.75, 3.05) is 37.4 Å². The van der Waals surface area contributed by atoms with Crippen LogP contribution in [0.3, 0.4) is 0 Å². The molecule has 2 aromatic carbocycles. The number of para-hydroxylation sites is 1. The molecule has 0 radical (unpaired) electrons. The lowest BCUT2D eigenvalue weighted by Crippen LogP contribution is -2.28. The molecule has 1 aromatic heterocycles. The Bertz CT molecular complexity index is 898. The summed E-state index contributed by atoms with van der Waals surface area (Å²) in [6, 6.07) is 18.5. The van der Waals surface area contributed by atoms with Crippen molar-refractivity contribution in [2.24, 2.45) is 0 Å². The zero-order valence-electron chi connectivity index (χ0n) is 15.9. The molecule has 0 aliphatic heterocycles. The molecule has 144 valence electrons. The van der Waals surface area contributed by atoms with E-state index in [1.807, 2.05) is 55.4 Å². The topological polar surface area (TPSA) is 79.4 Å². The first-order chi connectivity index (χ1) is 13.6. The van der Waals surface area contributed by atoms with Crippen LogP contribution in [0.4, 0.5) is 11.5 Å². The van der Waals surface area contributed by atoms with Crippen molar-refractivity contribution in [1.82, 2.24) is 15.5 Å². The fourth-order valence-corrected chi connectivity index (χ4v) is 2.46. The Balaban J connectivity index is 1.45. The average Bonchev–Trinajstić information content (AvgIpc) is 2.72. The van der Waals surface area contributed by atoms with Crippen LogP contribution in [-0.4, -0.2) is 43.3 Å². The van der Waals surface area contributed by atoms with Gasteiger partial charge in [0.15, 0.2) is 5.82 Å². The van der Waals surface area contributed by atoms with Crippen LogP contribution in [0.5, 0.6) is 11.5 Å². The first-order valence-corrected chi connectivity index (χ1v) is 8.97. The molecule has 0 saturated heterocycles. The van der Waals surface area contributed by atoms with Gasteiger partial charge in [0.2, 0.25) is 0 Å². The number of amides is 1. The van der Waals surface area contributed by atoms with E-state index in [1.165, 1.54) is 0 Å². The molecule has 2 N–H and O–H groups in total. The smallest absolute Gasteiger partial charge is 0.251 e. The van der Waals surface area contributed by atoms with Crippen LogP contribution in [0.15, 0.2) is 66.9 Å². The normalized spacial score (nSPS) is 10.2. The highest BCUT2D eigenvalue weighted by Gasteiger charge is 2.06. The summed E-state index contributed by atoms with van der Waals surface area (Å²) in [4.78, 5) is 14.2. The van der Waals surface area contributed by atoms with Gasteiger partial charge in [0.25, 0.3) is 5.91 Å². The SMILES string of the molecule is CN(C)c1cnnc(NCCNC(=O)c2ccc(Oc3ccccc3)cc2)c1. The van der Waals surface area contributed by atoms with Crippen molar-refractivity contribution in [3.05, 3.63) is 72.4 Å². The number of ether oxygens (including phenoxy) is 1. The molecule has 0 fully saturated rings. The lowest BCUT2D eigenvalue weighted by molar-refractivity contribution is 0.0955. The van der Waals surface area contributed by atoms with Crippen LogP contribution >= 0.6 is 0 Å². The molecule has 1 amide bonds. The molecule has 0 unspecified atom stereocenters. The molecule has 0 saturated carbocycles. The Kier molecular flexibility index (Phi) is 6.41. The molecule has 3 rings (SSSR count). The van der Waals surface area contributed by atoms with Crippen LogP contribution in [0.2, 0.25) is 0 Å².